The monoisotopic (exact) mass is 260 g/mol. The molecule has 0 aliphatic carbocycles. The molecule has 1 aromatic heterocycles. The summed E-state index contributed by atoms with van der Waals surface area (Å²) in [4.78, 5) is 0. The lowest BCUT2D eigenvalue weighted by atomic mass is 10.5. The highest BCUT2D eigenvalue weighted by atomic mass is 35.5. The van der Waals surface area contributed by atoms with Gasteiger partial charge in [-0.25, -0.2) is 0 Å². The van der Waals surface area contributed by atoms with Gasteiger partial charge in [0.1, 0.15) is 16.6 Å². The normalized spacial score (nSPS) is 12.0. The fourth-order valence-electron chi connectivity index (χ4n) is 0.791. The van der Waals surface area contributed by atoms with Gasteiger partial charge in [0.2, 0.25) is 0 Å². The lowest BCUT2D eigenvalue weighted by molar-refractivity contribution is -0.173. The van der Waals surface area contributed by atoms with Crippen molar-refractivity contribution in [2.45, 2.75) is 18.5 Å². The van der Waals surface area contributed by atoms with E-state index in [0.717, 1.165) is 0 Å². The minimum atomic E-state index is -4.28. The van der Waals surface area contributed by atoms with E-state index in [1.165, 1.54) is 11.3 Å². The first-order valence-electron chi connectivity index (χ1n) is 4.03. The maximum Gasteiger partial charge on any atom is 0.411 e. The molecule has 0 aliphatic rings. The Morgan fingerprint density at radius 1 is 1.27 bits per heavy atom. The number of ether oxygens (including phenoxy) is 1. The molecule has 0 aliphatic heterocycles. The molecule has 8 heteroatoms. The zero-order chi connectivity index (χ0) is 11.3. The fraction of sp³-hybridized carbons (Fsp3) is 0.714. The van der Waals surface area contributed by atoms with Gasteiger partial charge in [-0.1, -0.05) is 0 Å². The molecule has 0 N–H and O–H groups in total. The number of alkyl halides is 4. The molecule has 86 valence electrons. The van der Waals surface area contributed by atoms with Crippen LogP contribution in [0.15, 0.2) is 0 Å². The van der Waals surface area contributed by atoms with Gasteiger partial charge in [0.15, 0.2) is 0 Å². The minimum absolute atomic E-state index is 0.0174. The summed E-state index contributed by atoms with van der Waals surface area (Å²) in [5, 5.41) is 8.75. The Morgan fingerprint density at radius 3 is 2.47 bits per heavy atom. The molecule has 0 spiro atoms. The number of rotatable bonds is 5. The molecule has 15 heavy (non-hydrogen) atoms. The van der Waals surface area contributed by atoms with Gasteiger partial charge in [0.25, 0.3) is 0 Å². The van der Waals surface area contributed by atoms with Crippen LogP contribution in [0.5, 0.6) is 0 Å². The smallest absolute Gasteiger partial charge is 0.372 e. The summed E-state index contributed by atoms with van der Waals surface area (Å²) in [5.74, 6) is 0.265. The van der Waals surface area contributed by atoms with Crippen LogP contribution in [0.2, 0.25) is 0 Å². The third-order valence-electron chi connectivity index (χ3n) is 1.35. The highest BCUT2D eigenvalue weighted by Crippen LogP contribution is 2.15. The Hall–Kier alpha value is -0.400. The van der Waals surface area contributed by atoms with Crippen molar-refractivity contribution < 1.29 is 17.9 Å². The van der Waals surface area contributed by atoms with Crippen molar-refractivity contribution in [3.63, 3.8) is 0 Å². The van der Waals surface area contributed by atoms with Gasteiger partial charge in [0.05, 0.1) is 12.5 Å². The number of aromatic nitrogens is 2. The van der Waals surface area contributed by atoms with E-state index in [0.29, 0.717) is 16.4 Å². The van der Waals surface area contributed by atoms with Gasteiger partial charge >= 0.3 is 6.18 Å². The van der Waals surface area contributed by atoms with Crippen molar-refractivity contribution in [1.82, 2.24) is 10.2 Å². The van der Waals surface area contributed by atoms with Crippen molar-refractivity contribution in [2.24, 2.45) is 0 Å². The van der Waals surface area contributed by atoms with Gasteiger partial charge in [-0.15, -0.1) is 33.1 Å². The Bertz CT molecular complexity index is 305. The van der Waals surface area contributed by atoms with Crippen LogP contribution in [-0.4, -0.2) is 29.6 Å². The quantitative estimate of drug-likeness (QED) is 0.602. The van der Waals surface area contributed by atoms with Gasteiger partial charge in [0, 0.05) is 6.42 Å². The molecule has 0 amide bonds. The topological polar surface area (TPSA) is 35.0 Å². The van der Waals surface area contributed by atoms with E-state index in [-0.39, 0.29) is 12.5 Å². The summed E-state index contributed by atoms with van der Waals surface area (Å²) < 4.78 is 39.4. The SMILES string of the molecule is FC(F)(F)COCCc1nnc(CCl)s1. The van der Waals surface area contributed by atoms with Crippen LogP contribution in [0, 0.1) is 0 Å². The van der Waals surface area contributed by atoms with Crippen molar-refractivity contribution in [3.05, 3.63) is 10.0 Å². The summed E-state index contributed by atoms with van der Waals surface area (Å²) in [5.41, 5.74) is 0. The first-order valence-corrected chi connectivity index (χ1v) is 5.38. The summed E-state index contributed by atoms with van der Waals surface area (Å²) in [6.45, 7) is -1.25. The first-order chi connectivity index (χ1) is 7.01. The average molecular weight is 261 g/mol. The summed E-state index contributed by atoms with van der Waals surface area (Å²) >= 11 is 6.76. The molecule has 0 saturated heterocycles. The molecule has 3 nitrogen and oxygen atoms in total. The summed E-state index contributed by atoms with van der Waals surface area (Å²) in [6.07, 6.45) is -3.95. The molecule has 1 aromatic rings. The average Bonchev–Trinajstić information content (AvgIpc) is 2.59. The zero-order valence-corrected chi connectivity index (χ0v) is 9.12. The van der Waals surface area contributed by atoms with Gasteiger partial charge in [-0.3, -0.25) is 0 Å². The zero-order valence-electron chi connectivity index (χ0n) is 7.55. The number of hydrogen-bond donors (Lipinski definition) is 0. The molecule has 0 fully saturated rings. The van der Waals surface area contributed by atoms with Crippen LogP contribution in [0.3, 0.4) is 0 Å². The largest absolute Gasteiger partial charge is 0.411 e. The van der Waals surface area contributed by atoms with E-state index in [2.05, 4.69) is 14.9 Å². The van der Waals surface area contributed by atoms with Crippen molar-refractivity contribution in [3.8, 4) is 0 Å². The maximum absolute atomic E-state index is 11.7. The van der Waals surface area contributed by atoms with E-state index >= 15 is 0 Å². The van der Waals surface area contributed by atoms with Crippen LogP contribution >= 0.6 is 22.9 Å². The molecule has 0 aromatic carbocycles. The highest BCUT2D eigenvalue weighted by Gasteiger charge is 2.27. The van der Waals surface area contributed by atoms with Gasteiger partial charge < -0.3 is 4.74 Å². The van der Waals surface area contributed by atoms with E-state index in [1.807, 2.05) is 0 Å². The van der Waals surface area contributed by atoms with Crippen molar-refractivity contribution in [1.29, 1.82) is 0 Å². The number of nitrogens with zero attached hydrogens (tertiary/aromatic N) is 2. The van der Waals surface area contributed by atoms with Crippen LogP contribution in [0.4, 0.5) is 13.2 Å². The molecule has 0 unspecified atom stereocenters. The number of halogens is 4. The maximum atomic E-state index is 11.7. The van der Waals surface area contributed by atoms with Crippen LogP contribution < -0.4 is 0 Å². The Labute approximate surface area is 93.2 Å². The van der Waals surface area contributed by atoms with E-state index in [9.17, 15) is 13.2 Å². The standard InChI is InChI=1S/C7H8ClF3N2OS/c8-3-6-13-12-5(15-6)1-2-14-4-7(9,10)11/h1-4H2. The molecule has 0 atom stereocenters. The second-order valence-corrected chi connectivity index (χ2v) is 4.05. The molecule has 0 bridgehead atoms. The van der Waals surface area contributed by atoms with Crippen LogP contribution in [-0.2, 0) is 17.0 Å². The minimum Gasteiger partial charge on any atom is -0.372 e. The Kier molecular flexibility index (Phi) is 4.75. The third-order valence-corrected chi connectivity index (χ3v) is 2.74. The lowest BCUT2D eigenvalue weighted by Gasteiger charge is -2.05. The Morgan fingerprint density at radius 2 is 1.93 bits per heavy atom. The third kappa shape index (κ3) is 5.29. The summed E-state index contributed by atoms with van der Waals surface area (Å²) in [6, 6.07) is 0. The van der Waals surface area contributed by atoms with Gasteiger partial charge in [-0.05, 0) is 0 Å². The van der Waals surface area contributed by atoms with Crippen molar-refractivity contribution >= 4 is 22.9 Å². The number of hydrogen-bond acceptors (Lipinski definition) is 4. The lowest BCUT2D eigenvalue weighted by Crippen LogP contribution is -2.17. The molecular formula is C7H8ClF3N2OS. The molecule has 1 rings (SSSR count). The molecule has 0 radical (unpaired) electrons. The van der Waals surface area contributed by atoms with Crippen molar-refractivity contribution in [2.75, 3.05) is 13.2 Å². The Balaban J connectivity index is 2.20. The predicted octanol–water partition coefficient (Wildman–Crippen LogP) is 2.40. The second-order valence-electron chi connectivity index (χ2n) is 2.64. The molecular weight excluding hydrogens is 253 g/mol. The molecule has 1 heterocycles. The fourth-order valence-corrected chi connectivity index (χ4v) is 1.68. The first kappa shape index (κ1) is 12.7. The van der Waals surface area contributed by atoms with Crippen LogP contribution in [0.25, 0.3) is 0 Å². The van der Waals surface area contributed by atoms with Crippen LogP contribution in [0.1, 0.15) is 10.0 Å². The van der Waals surface area contributed by atoms with E-state index in [1.54, 1.807) is 0 Å². The van der Waals surface area contributed by atoms with E-state index in [4.69, 9.17) is 11.6 Å². The predicted molar refractivity (Wildman–Crippen MR) is 50.0 cm³/mol. The highest BCUT2D eigenvalue weighted by molar-refractivity contribution is 7.11. The van der Waals surface area contributed by atoms with E-state index < -0.39 is 12.8 Å². The second kappa shape index (κ2) is 5.62. The molecule has 0 saturated carbocycles. The summed E-state index contributed by atoms with van der Waals surface area (Å²) in [7, 11) is 0. The van der Waals surface area contributed by atoms with Gasteiger partial charge in [-0.2, -0.15) is 13.2 Å².